The minimum absolute atomic E-state index is 0.0500. The molecule has 1 N–H and O–H groups in total. The number of alkyl carbamates (subject to hydrolysis) is 1. The molecule has 1 aromatic carbocycles. The summed E-state index contributed by atoms with van der Waals surface area (Å²) in [6.07, 6.45) is 1.29. The van der Waals surface area contributed by atoms with Gasteiger partial charge in [0.25, 0.3) is 5.91 Å². The van der Waals surface area contributed by atoms with Crippen molar-refractivity contribution < 1.29 is 23.9 Å². The van der Waals surface area contributed by atoms with Crippen LogP contribution in [0.4, 0.5) is 4.79 Å². The van der Waals surface area contributed by atoms with Crippen molar-refractivity contribution in [3.63, 3.8) is 0 Å². The van der Waals surface area contributed by atoms with E-state index in [-0.39, 0.29) is 45.7 Å². The molecule has 0 aliphatic carbocycles. The molecular weight excluding hydrogens is 455 g/mol. The first-order chi connectivity index (χ1) is 14.9. The number of amides is 2. The zero-order chi connectivity index (χ0) is 24.1. The lowest BCUT2D eigenvalue weighted by Crippen LogP contribution is -2.48. The van der Waals surface area contributed by atoms with Gasteiger partial charge in [-0.1, -0.05) is 36.7 Å². The summed E-state index contributed by atoms with van der Waals surface area (Å²) in [7, 11) is 0. The largest absolute Gasteiger partial charge is 0.482 e. The lowest BCUT2D eigenvalue weighted by Gasteiger charge is -2.32. The molecule has 0 radical (unpaired) electrons. The molecule has 1 heterocycles. The van der Waals surface area contributed by atoms with Crippen molar-refractivity contribution in [3.8, 4) is 5.75 Å². The first-order valence-corrected chi connectivity index (χ1v) is 11.3. The van der Waals surface area contributed by atoms with Crippen molar-refractivity contribution in [2.75, 3.05) is 19.7 Å². The van der Waals surface area contributed by atoms with Gasteiger partial charge in [0.15, 0.2) is 12.4 Å². The van der Waals surface area contributed by atoms with E-state index in [0.717, 1.165) is 0 Å². The fourth-order valence-corrected chi connectivity index (χ4v) is 3.61. The van der Waals surface area contributed by atoms with Crippen LogP contribution in [-0.2, 0) is 9.53 Å². The van der Waals surface area contributed by atoms with Crippen molar-refractivity contribution in [2.24, 2.45) is 0 Å². The van der Waals surface area contributed by atoms with Crippen LogP contribution in [0, 0.1) is 0 Å². The number of Topliss-reactive ketones (excluding diaryl/α,β-unsaturated/α-hetero) is 1. The second kappa shape index (κ2) is 11.1. The molecule has 1 fully saturated rings. The fourth-order valence-electron chi connectivity index (χ4n) is 3.15. The Morgan fingerprint density at radius 1 is 1.16 bits per heavy atom. The number of likely N-dealkylation sites (tertiary alicyclic amines) is 1. The van der Waals surface area contributed by atoms with Crippen LogP contribution in [0.25, 0.3) is 0 Å². The van der Waals surface area contributed by atoms with Crippen LogP contribution in [0.3, 0.4) is 0 Å². The summed E-state index contributed by atoms with van der Waals surface area (Å²) >= 11 is 12.5. The standard InChI is InChI=1S/C23H30Cl2N2O5/c1-6-14(2)21(29)16-7-8-17(20(25)19(16)24)31-13-18(28)27-11-9-15(10-12-27)26-22(30)32-23(3,4)5/h7-8,15H,2,6,9-13H2,1,3-5H3,(H,26,30). The predicted octanol–water partition coefficient (Wildman–Crippen LogP) is 5.04. The number of nitrogens with one attached hydrogen (secondary N) is 1. The minimum Gasteiger partial charge on any atom is -0.482 e. The number of rotatable bonds is 7. The monoisotopic (exact) mass is 484 g/mol. The Morgan fingerprint density at radius 3 is 2.34 bits per heavy atom. The number of piperidine rings is 1. The van der Waals surface area contributed by atoms with E-state index in [9.17, 15) is 14.4 Å². The molecule has 2 amide bonds. The van der Waals surface area contributed by atoms with E-state index in [1.54, 1.807) is 25.7 Å². The van der Waals surface area contributed by atoms with Crippen LogP contribution >= 0.6 is 23.2 Å². The summed E-state index contributed by atoms with van der Waals surface area (Å²) in [6, 6.07) is 2.99. The summed E-state index contributed by atoms with van der Waals surface area (Å²) in [5.74, 6) is -0.248. The van der Waals surface area contributed by atoms with Crippen LogP contribution in [0.2, 0.25) is 10.0 Å². The van der Waals surface area contributed by atoms with Crippen molar-refractivity contribution in [3.05, 3.63) is 39.9 Å². The van der Waals surface area contributed by atoms with Crippen molar-refractivity contribution >= 4 is 41.0 Å². The fraction of sp³-hybridized carbons (Fsp3) is 0.522. The maximum absolute atomic E-state index is 12.5. The van der Waals surface area contributed by atoms with Gasteiger partial charge >= 0.3 is 6.09 Å². The Bertz CT molecular complexity index is 887. The van der Waals surface area contributed by atoms with E-state index < -0.39 is 11.7 Å². The first-order valence-electron chi connectivity index (χ1n) is 10.5. The van der Waals surface area contributed by atoms with Gasteiger partial charge in [-0.3, -0.25) is 9.59 Å². The number of halogens is 2. The highest BCUT2D eigenvalue weighted by molar-refractivity contribution is 6.45. The van der Waals surface area contributed by atoms with Gasteiger partial charge < -0.3 is 19.7 Å². The molecule has 0 aromatic heterocycles. The smallest absolute Gasteiger partial charge is 0.407 e. The Balaban J connectivity index is 1.87. The number of ether oxygens (including phenoxy) is 2. The summed E-state index contributed by atoms with van der Waals surface area (Å²) in [6.45, 7) is 11.7. The number of ketones is 1. The third kappa shape index (κ3) is 7.14. The van der Waals surface area contributed by atoms with Crippen molar-refractivity contribution in [1.29, 1.82) is 0 Å². The van der Waals surface area contributed by atoms with Gasteiger partial charge in [0.1, 0.15) is 16.4 Å². The zero-order valence-corrected chi connectivity index (χ0v) is 20.4. The number of carbonyl (C=O) groups excluding carboxylic acids is 3. The molecule has 7 nitrogen and oxygen atoms in total. The normalized spacial score (nSPS) is 14.6. The highest BCUT2D eigenvalue weighted by Crippen LogP contribution is 2.35. The maximum Gasteiger partial charge on any atom is 0.407 e. The SMILES string of the molecule is C=C(CC)C(=O)c1ccc(OCC(=O)N2CCC(NC(=O)OC(C)(C)C)CC2)c(Cl)c1Cl. The van der Waals surface area contributed by atoms with Gasteiger partial charge in [0.05, 0.1) is 5.02 Å². The molecule has 9 heteroatoms. The van der Waals surface area contributed by atoms with Crippen LogP contribution < -0.4 is 10.1 Å². The molecule has 2 rings (SSSR count). The van der Waals surface area contributed by atoms with Gasteiger partial charge in [0, 0.05) is 24.7 Å². The topological polar surface area (TPSA) is 84.9 Å². The summed E-state index contributed by atoms with van der Waals surface area (Å²) in [5.41, 5.74) is 0.121. The molecule has 0 atom stereocenters. The van der Waals surface area contributed by atoms with Gasteiger partial charge in [-0.25, -0.2) is 4.79 Å². The number of allylic oxidation sites excluding steroid dienone is 1. The molecule has 1 saturated heterocycles. The number of hydrogen-bond acceptors (Lipinski definition) is 5. The van der Waals surface area contributed by atoms with E-state index >= 15 is 0 Å². The lowest BCUT2D eigenvalue weighted by atomic mass is 10.0. The average molecular weight is 485 g/mol. The molecular formula is C23H30Cl2N2O5. The number of carbonyl (C=O) groups is 3. The minimum atomic E-state index is -0.558. The lowest BCUT2D eigenvalue weighted by molar-refractivity contribution is -0.134. The quantitative estimate of drug-likeness (QED) is 0.432. The average Bonchev–Trinajstić information content (AvgIpc) is 2.72. The van der Waals surface area contributed by atoms with Crippen LogP contribution in [-0.4, -0.2) is 54.0 Å². The molecule has 176 valence electrons. The summed E-state index contributed by atoms with van der Waals surface area (Å²) in [4.78, 5) is 38.4. The Hall–Kier alpha value is -2.25. The molecule has 0 bridgehead atoms. The van der Waals surface area contributed by atoms with E-state index in [2.05, 4.69) is 11.9 Å². The van der Waals surface area contributed by atoms with Gasteiger partial charge in [-0.05, 0) is 57.7 Å². The molecule has 1 aromatic rings. The zero-order valence-electron chi connectivity index (χ0n) is 18.9. The van der Waals surface area contributed by atoms with Crippen LogP contribution in [0.5, 0.6) is 5.75 Å². The Labute approximate surface area is 199 Å². The van der Waals surface area contributed by atoms with E-state index in [1.165, 1.54) is 12.1 Å². The van der Waals surface area contributed by atoms with Crippen molar-refractivity contribution in [2.45, 2.75) is 58.6 Å². The highest BCUT2D eigenvalue weighted by Gasteiger charge is 2.26. The second-order valence-electron chi connectivity index (χ2n) is 8.62. The molecule has 0 saturated carbocycles. The van der Waals surface area contributed by atoms with E-state index in [1.807, 2.05) is 6.92 Å². The van der Waals surface area contributed by atoms with E-state index in [4.69, 9.17) is 32.7 Å². The molecule has 1 aliphatic rings. The third-order valence-electron chi connectivity index (χ3n) is 4.96. The molecule has 1 aliphatic heterocycles. The predicted molar refractivity (Wildman–Crippen MR) is 125 cm³/mol. The van der Waals surface area contributed by atoms with Crippen LogP contribution in [0.1, 0.15) is 57.3 Å². The molecule has 32 heavy (non-hydrogen) atoms. The second-order valence-corrected chi connectivity index (χ2v) is 9.37. The Kier molecular flexibility index (Phi) is 8.98. The van der Waals surface area contributed by atoms with Gasteiger partial charge in [-0.15, -0.1) is 0 Å². The highest BCUT2D eigenvalue weighted by atomic mass is 35.5. The third-order valence-corrected chi connectivity index (χ3v) is 5.82. The van der Waals surface area contributed by atoms with Gasteiger partial charge in [-0.2, -0.15) is 0 Å². The number of benzene rings is 1. The van der Waals surface area contributed by atoms with E-state index in [0.29, 0.717) is 37.9 Å². The Morgan fingerprint density at radius 2 is 1.78 bits per heavy atom. The van der Waals surface area contributed by atoms with Crippen LogP contribution in [0.15, 0.2) is 24.3 Å². The first kappa shape index (κ1) is 26.0. The van der Waals surface area contributed by atoms with Crippen molar-refractivity contribution in [1.82, 2.24) is 10.2 Å². The molecule has 0 unspecified atom stereocenters. The summed E-state index contributed by atoms with van der Waals surface area (Å²) < 4.78 is 10.8. The number of hydrogen-bond donors (Lipinski definition) is 1. The number of nitrogens with zero attached hydrogens (tertiary/aromatic N) is 1. The van der Waals surface area contributed by atoms with Gasteiger partial charge in [0.2, 0.25) is 0 Å². The molecule has 0 spiro atoms. The summed E-state index contributed by atoms with van der Waals surface area (Å²) in [5, 5.41) is 2.99. The maximum atomic E-state index is 12.5.